The summed E-state index contributed by atoms with van der Waals surface area (Å²) in [6.45, 7) is 0. The molecule has 120 valence electrons. The molecular weight excluding hydrogens is 292 g/mol. The summed E-state index contributed by atoms with van der Waals surface area (Å²) in [4.78, 5) is 24.1. The van der Waals surface area contributed by atoms with Crippen molar-refractivity contribution in [3.8, 4) is 0 Å². The molecule has 0 fully saturated rings. The summed E-state index contributed by atoms with van der Waals surface area (Å²) < 4.78 is 4.78. The minimum atomic E-state index is -0.712. The highest BCUT2D eigenvalue weighted by molar-refractivity contribution is 5.85. The maximum atomic E-state index is 12.2. The SMILES string of the molecule is COC(=O)C(Cc1ccccc1)NC(=O)Cc1cccc(N)c1. The predicted molar refractivity (Wildman–Crippen MR) is 88.7 cm³/mol. The number of hydrogen-bond donors (Lipinski definition) is 2. The van der Waals surface area contributed by atoms with Crippen molar-refractivity contribution in [2.75, 3.05) is 12.8 Å². The van der Waals surface area contributed by atoms with Crippen LogP contribution in [0.25, 0.3) is 0 Å². The first-order valence-corrected chi connectivity index (χ1v) is 7.34. The van der Waals surface area contributed by atoms with Gasteiger partial charge in [0.2, 0.25) is 5.91 Å². The minimum absolute atomic E-state index is 0.160. The zero-order valence-corrected chi connectivity index (χ0v) is 13.0. The van der Waals surface area contributed by atoms with Crippen LogP contribution in [0.5, 0.6) is 0 Å². The second kappa shape index (κ2) is 7.98. The zero-order chi connectivity index (χ0) is 16.7. The summed E-state index contributed by atoms with van der Waals surface area (Å²) in [7, 11) is 1.31. The molecule has 0 heterocycles. The van der Waals surface area contributed by atoms with E-state index >= 15 is 0 Å². The number of nitrogens with two attached hydrogens (primary N) is 1. The number of methoxy groups -OCH3 is 1. The van der Waals surface area contributed by atoms with Crippen LogP contribution in [0.3, 0.4) is 0 Å². The molecule has 1 unspecified atom stereocenters. The Kier molecular flexibility index (Phi) is 5.74. The smallest absolute Gasteiger partial charge is 0.328 e. The highest BCUT2D eigenvalue weighted by atomic mass is 16.5. The summed E-state index contributed by atoms with van der Waals surface area (Å²) in [5, 5.41) is 2.73. The number of ether oxygens (including phenoxy) is 1. The van der Waals surface area contributed by atoms with E-state index in [4.69, 9.17) is 10.5 Å². The van der Waals surface area contributed by atoms with Crippen LogP contribution in [0, 0.1) is 0 Å². The van der Waals surface area contributed by atoms with Crippen molar-refractivity contribution in [2.45, 2.75) is 18.9 Å². The number of amides is 1. The number of rotatable bonds is 6. The van der Waals surface area contributed by atoms with Crippen LogP contribution in [0.4, 0.5) is 5.69 Å². The molecule has 5 heteroatoms. The molecular formula is C18H20N2O3. The van der Waals surface area contributed by atoms with Crippen LogP contribution in [0.1, 0.15) is 11.1 Å². The summed E-state index contributed by atoms with van der Waals surface area (Å²) in [5.74, 6) is -0.711. The van der Waals surface area contributed by atoms with Crippen molar-refractivity contribution in [1.82, 2.24) is 5.32 Å². The summed E-state index contributed by atoms with van der Waals surface area (Å²) in [6.07, 6.45) is 0.545. The largest absolute Gasteiger partial charge is 0.467 e. The molecule has 0 aliphatic rings. The minimum Gasteiger partial charge on any atom is -0.467 e. The van der Waals surface area contributed by atoms with Crippen molar-refractivity contribution < 1.29 is 14.3 Å². The molecule has 23 heavy (non-hydrogen) atoms. The van der Waals surface area contributed by atoms with Gasteiger partial charge in [-0.1, -0.05) is 42.5 Å². The third-order valence-corrected chi connectivity index (χ3v) is 3.42. The Morgan fingerprint density at radius 3 is 2.43 bits per heavy atom. The van der Waals surface area contributed by atoms with Gasteiger partial charge in [-0.25, -0.2) is 4.79 Å². The number of hydrogen-bond acceptors (Lipinski definition) is 4. The number of anilines is 1. The van der Waals surface area contributed by atoms with Gasteiger partial charge in [0, 0.05) is 12.1 Å². The molecule has 0 aliphatic heterocycles. The van der Waals surface area contributed by atoms with Crippen LogP contribution in [-0.4, -0.2) is 25.0 Å². The Morgan fingerprint density at radius 1 is 1.09 bits per heavy atom. The first-order valence-electron chi connectivity index (χ1n) is 7.34. The third kappa shape index (κ3) is 5.14. The van der Waals surface area contributed by atoms with E-state index in [-0.39, 0.29) is 12.3 Å². The molecule has 0 saturated heterocycles. The van der Waals surface area contributed by atoms with E-state index in [0.29, 0.717) is 12.1 Å². The topological polar surface area (TPSA) is 81.4 Å². The molecule has 2 rings (SSSR count). The first kappa shape index (κ1) is 16.5. The van der Waals surface area contributed by atoms with Crippen LogP contribution < -0.4 is 11.1 Å². The Bertz CT molecular complexity index is 671. The summed E-state index contributed by atoms with van der Waals surface area (Å²) in [5.41, 5.74) is 8.05. The molecule has 3 N–H and O–H groups in total. The van der Waals surface area contributed by atoms with Crippen molar-refractivity contribution >= 4 is 17.6 Å². The van der Waals surface area contributed by atoms with Crippen LogP contribution >= 0.6 is 0 Å². The summed E-state index contributed by atoms with van der Waals surface area (Å²) >= 11 is 0. The molecule has 0 aliphatic carbocycles. The average molecular weight is 312 g/mol. The van der Waals surface area contributed by atoms with E-state index in [1.807, 2.05) is 36.4 Å². The Morgan fingerprint density at radius 2 is 1.78 bits per heavy atom. The van der Waals surface area contributed by atoms with E-state index in [9.17, 15) is 9.59 Å². The zero-order valence-electron chi connectivity index (χ0n) is 13.0. The fourth-order valence-corrected chi connectivity index (χ4v) is 2.32. The highest BCUT2D eigenvalue weighted by Crippen LogP contribution is 2.08. The number of nitrogen functional groups attached to an aromatic ring is 1. The lowest BCUT2D eigenvalue weighted by Crippen LogP contribution is -2.43. The number of esters is 1. The number of nitrogens with one attached hydrogen (secondary N) is 1. The Hall–Kier alpha value is -2.82. The monoisotopic (exact) mass is 312 g/mol. The van der Waals surface area contributed by atoms with Gasteiger partial charge in [0.05, 0.1) is 13.5 Å². The van der Waals surface area contributed by atoms with Crippen molar-refractivity contribution in [3.63, 3.8) is 0 Å². The molecule has 1 amide bonds. The van der Waals surface area contributed by atoms with Crippen molar-refractivity contribution in [3.05, 3.63) is 65.7 Å². The molecule has 0 saturated carbocycles. The normalized spacial score (nSPS) is 11.5. The maximum absolute atomic E-state index is 12.2. The molecule has 0 aromatic heterocycles. The van der Waals surface area contributed by atoms with E-state index in [0.717, 1.165) is 11.1 Å². The summed E-state index contributed by atoms with van der Waals surface area (Å²) in [6, 6.07) is 15.9. The highest BCUT2D eigenvalue weighted by Gasteiger charge is 2.21. The first-order chi connectivity index (χ1) is 11.1. The third-order valence-electron chi connectivity index (χ3n) is 3.42. The van der Waals surface area contributed by atoms with Gasteiger partial charge in [-0.2, -0.15) is 0 Å². The quantitative estimate of drug-likeness (QED) is 0.628. The van der Waals surface area contributed by atoms with Crippen molar-refractivity contribution in [2.24, 2.45) is 0 Å². The number of carbonyl (C=O) groups is 2. The van der Waals surface area contributed by atoms with Crippen LogP contribution in [-0.2, 0) is 27.2 Å². The molecule has 2 aromatic carbocycles. The molecule has 0 radical (unpaired) electrons. The second-order valence-electron chi connectivity index (χ2n) is 5.25. The molecule has 5 nitrogen and oxygen atoms in total. The van der Waals surface area contributed by atoms with E-state index in [2.05, 4.69) is 5.32 Å². The van der Waals surface area contributed by atoms with Gasteiger partial charge >= 0.3 is 5.97 Å². The van der Waals surface area contributed by atoms with Crippen molar-refractivity contribution in [1.29, 1.82) is 0 Å². The van der Waals surface area contributed by atoms with E-state index in [1.165, 1.54) is 7.11 Å². The fourth-order valence-electron chi connectivity index (χ4n) is 2.32. The standard InChI is InChI=1S/C18H20N2O3/c1-23-18(22)16(11-13-6-3-2-4-7-13)20-17(21)12-14-8-5-9-15(19)10-14/h2-10,16H,11-12,19H2,1H3,(H,20,21). The van der Waals surface area contributed by atoms with Gasteiger partial charge in [-0.05, 0) is 23.3 Å². The lowest BCUT2D eigenvalue weighted by atomic mass is 10.1. The van der Waals surface area contributed by atoms with Gasteiger partial charge < -0.3 is 15.8 Å². The van der Waals surface area contributed by atoms with Gasteiger partial charge in [-0.3, -0.25) is 4.79 Å². The fraction of sp³-hybridized carbons (Fsp3) is 0.222. The second-order valence-corrected chi connectivity index (χ2v) is 5.25. The van der Waals surface area contributed by atoms with Crippen LogP contribution in [0.15, 0.2) is 54.6 Å². The lowest BCUT2D eigenvalue weighted by molar-refractivity contribution is -0.145. The van der Waals surface area contributed by atoms with Gasteiger partial charge in [0.15, 0.2) is 0 Å². The van der Waals surface area contributed by atoms with Gasteiger partial charge in [-0.15, -0.1) is 0 Å². The average Bonchev–Trinajstić information content (AvgIpc) is 2.54. The van der Waals surface area contributed by atoms with Gasteiger partial charge in [0.1, 0.15) is 6.04 Å². The van der Waals surface area contributed by atoms with E-state index in [1.54, 1.807) is 18.2 Å². The Balaban J connectivity index is 2.02. The Labute approximate surface area is 135 Å². The molecule has 0 bridgehead atoms. The number of benzene rings is 2. The van der Waals surface area contributed by atoms with Gasteiger partial charge in [0.25, 0.3) is 0 Å². The maximum Gasteiger partial charge on any atom is 0.328 e. The molecule has 0 spiro atoms. The number of carbonyl (C=O) groups excluding carboxylic acids is 2. The van der Waals surface area contributed by atoms with Crippen LogP contribution in [0.2, 0.25) is 0 Å². The lowest BCUT2D eigenvalue weighted by Gasteiger charge is -2.16. The molecule has 1 atom stereocenters. The molecule has 2 aromatic rings. The predicted octanol–water partition coefficient (Wildman–Crippen LogP) is 1.71. The van der Waals surface area contributed by atoms with E-state index < -0.39 is 12.0 Å².